The Kier molecular flexibility index (Phi) is 8.46. The number of benzene rings is 8. The van der Waals surface area contributed by atoms with Crippen molar-refractivity contribution < 1.29 is 0 Å². The minimum atomic E-state index is 0.499. The van der Waals surface area contributed by atoms with E-state index in [1.165, 1.54) is 0 Å². The minimum absolute atomic E-state index is 0.499. The first-order valence-electron chi connectivity index (χ1n) is 20.0. The molecular weight excluding hydrogens is 761 g/mol. The van der Waals surface area contributed by atoms with Gasteiger partial charge in [-0.15, -0.1) is 0 Å². The third-order valence-electron chi connectivity index (χ3n) is 11.5. The quantitative estimate of drug-likeness (QED) is 0.165. The summed E-state index contributed by atoms with van der Waals surface area (Å²) >= 11 is 0. The van der Waals surface area contributed by atoms with Gasteiger partial charge in [0.05, 0.1) is 68.3 Å². The van der Waals surface area contributed by atoms with Crippen LogP contribution in [-0.4, -0.2) is 24.1 Å². The molecule has 0 aliphatic heterocycles. The van der Waals surface area contributed by atoms with Crippen molar-refractivity contribution >= 4 is 43.6 Å². The van der Waals surface area contributed by atoms with Crippen LogP contribution in [0.3, 0.4) is 0 Å². The van der Waals surface area contributed by atoms with Crippen molar-refractivity contribution in [1.82, 2.24) is 24.1 Å². The molecule has 0 amide bonds. The molecule has 0 atom stereocenters. The second-order valence-electron chi connectivity index (χ2n) is 15.0. The maximum absolute atomic E-state index is 10.4. The van der Waals surface area contributed by atoms with E-state index < -0.39 is 0 Å². The van der Waals surface area contributed by atoms with Gasteiger partial charge in [0.25, 0.3) is 0 Å². The summed E-state index contributed by atoms with van der Waals surface area (Å²) in [5.41, 5.74) is 11.3. The predicted molar refractivity (Wildman–Crippen MR) is 244 cm³/mol. The normalized spacial score (nSPS) is 11.2. The lowest BCUT2D eigenvalue weighted by Gasteiger charge is -2.20. The second kappa shape index (κ2) is 14.6. The molecule has 8 heteroatoms. The van der Waals surface area contributed by atoms with E-state index in [4.69, 9.17) is 15.0 Å². The van der Waals surface area contributed by atoms with Crippen LogP contribution >= 0.6 is 0 Å². The van der Waals surface area contributed by atoms with Crippen LogP contribution in [0.5, 0.6) is 0 Å². The van der Waals surface area contributed by atoms with Crippen molar-refractivity contribution in [2.75, 3.05) is 0 Å². The molecule has 0 bridgehead atoms. The molecule has 0 aliphatic rings. The molecule has 3 aromatic heterocycles. The molecule has 0 N–H and O–H groups in total. The van der Waals surface area contributed by atoms with Gasteiger partial charge in [0.15, 0.2) is 17.5 Å². The molecule has 62 heavy (non-hydrogen) atoms. The van der Waals surface area contributed by atoms with Gasteiger partial charge in [-0.25, -0.2) is 15.0 Å². The van der Waals surface area contributed by atoms with Crippen molar-refractivity contribution in [2.45, 2.75) is 0 Å². The molecule has 0 spiro atoms. The lowest BCUT2D eigenvalue weighted by Crippen LogP contribution is -2.04. The minimum Gasteiger partial charge on any atom is -0.309 e. The lowest BCUT2D eigenvalue weighted by molar-refractivity contribution is 1.07. The standard InChI is InChI=1S/C54H30N8/c55-31-34-20-24-48-43(27-34)40-15-7-9-17-46(40)61(48)50-26-22-39(54-59-52(37-11-3-1-4-12-37)58-53(60-54)38-13-5-2-6-14-38)30-45(50)42-23-19-36(33-57)29-51(42)62-47-18-10-8-16-41(47)44-28-35(32-56)21-25-49(44)62/h1-30H. The summed E-state index contributed by atoms with van der Waals surface area (Å²) in [4.78, 5) is 15.2. The van der Waals surface area contributed by atoms with Crippen molar-refractivity contribution in [1.29, 1.82) is 15.8 Å². The smallest absolute Gasteiger partial charge is 0.164 e. The van der Waals surface area contributed by atoms with E-state index in [0.717, 1.165) is 82.8 Å². The number of nitrogens with zero attached hydrogens (tertiary/aromatic N) is 8. The van der Waals surface area contributed by atoms with E-state index in [1.54, 1.807) is 0 Å². The SMILES string of the molecule is N#Cc1ccc(-c2cc(-c3nc(-c4ccccc4)nc(-c4ccccc4)n3)ccc2-n2c3ccccc3c3cc(C#N)ccc32)c(-n2c3ccccc3c3cc(C#N)ccc32)c1. The van der Waals surface area contributed by atoms with Gasteiger partial charge < -0.3 is 9.13 Å². The molecule has 3 heterocycles. The van der Waals surface area contributed by atoms with Crippen LogP contribution in [0.4, 0.5) is 0 Å². The van der Waals surface area contributed by atoms with Gasteiger partial charge in [-0.05, 0) is 78.9 Å². The fourth-order valence-electron chi connectivity index (χ4n) is 8.64. The van der Waals surface area contributed by atoms with E-state index in [1.807, 2.05) is 140 Å². The van der Waals surface area contributed by atoms with E-state index in [9.17, 15) is 15.8 Å². The Hall–Kier alpha value is -9.16. The topological polar surface area (TPSA) is 120 Å². The number of hydrogen-bond donors (Lipinski definition) is 0. The maximum atomic E-state index is 10.4. The Bertz CT molecular complexity index is 3670. The maximum Gasteiger partial charge on any atom is 0.164 e. The van der Waals surface area contributed by atoms with Crippen LogP contribution in [0.25, 0.3) is 100 Å². The summed E-state index contributed by atoms with van der Waals surface area (Å²) in [5, 5.41) is 34.1. The molecule has 11 rings (SSSR count). The van der Waals surface area contributed by atoms with Crippen LogP contribution < -0.4 is 0 Å². The molecule has 0 radical (unpaired) electrons. The van der Waals surface area contributed by atoms with Crippen molar-refractivity contribution in [3.63, 3.8) is 0 Å². The van der Waals surface area contributed by atoms with Gasteiger partial charge in [-0.1, -0.05) is 103 Å². The molecule has 8 nitrogen and oxygen atoms in total. The van der Waals surface area contributed by atoms with E-state index in [2.05, 4.69) is 69.8 Å². The van der Waals surface area contributed by atoms with Crippen molar-refractivity contribution in [3.8, 4) is 74.9 Å². The van der Waals surface area contributed by atoms with Crippen molar-refractivity contribution in [2.24, 2.45) is 0 Å². The monoisotopic (exact) mass is 790 g/mol. The molecule has 0 aliphatic carbocycles. The Morgan fingerprint density at radius 3 is 1.29 bits per heavy atom. The van der Waals surface area contributed by atoms with Crippen LogP contribution in [0.1, 0.15) is 16.7 Å². The molecule has 286 valence electrons. The molecule has 0 unspecified atom stereocenters. The Balaban J connectivity index is 1.25. The highest BCUT2D eigenvalue weighted by Crippen LogP contribution is 2.43. The first-order valence-corrected chi connectivity index (χ1v) is 20.0. The highest BCUT2D eigenvalue weighted by atomic mass is 15.0. The van der Waals surface area contributed by atoms with Crippen LogP contribution in [0.2, 0.25) is 0 Å². The zero-order valence-electron chi connectivity index (χ0n) is 32.9. The number of fused-ring (bicyclic) bond motifs is 6. The first kappa shape index (κ1) is 36.0. The molecular formula is C54H30N8. The summed E-state index contributed by atoms with van der Waals surface area (Å²) in [6, 6.07) is 66.9. The van der Waals surface area contributed by atoms with Gasteiger partial charge in [-0.3, -0.25) is 0 Å². The fourth-order valence-corrected chi connectivity index (χ4v) is 8.64. The summed E-state index contributed by atoms with van der Waals surface area (Å²) in [6.07, 6.45) is 0. The molecule has 0 saturated carbocycles. The second-order valence-corrected chi connectivity index (χ2v) is 15.0. The first-order chi connectivity index (χ1) is 30.6. The Morgan fingerprint density at radius 2 is 0.758 bits per heavy atom. The van der Waals surface area contributed by atoms with E-state index in [-0.39, 0.29) is 0 Å². The summed E-state index contributed by atoms with van der Waals surface area (Å²) < 4.78 is 4.43. The van der Waals surface area contributed by atoms with Gasteiger partial charge in [0, 0.05) is 49.4 Å². The van der Waals surface area contributed by atoms with Gasteiger partial charge >= 0.3 is 0 Å². The number of nitriles is 3. The summed E-state index contributed by atoms with van der Waals surface area (Å²) in [7, 11) is 0. The number of aromatic nitrogens is 5. The average molecular weight is 791 g/mol. The Labute approximate surface area is 355 Å². The summed E-state index contributed by atoms with van der Waals surface area (Å²) in [6.45, 7) is 0. The third-order valence-corrected chi connectivity index (χ3v) is 11.5. The predicted octanol–water partition coefficient (Wildman–Crippen LogP) is 12.3. The van der Waals surface area contributed by atoms with E-state index in [0.29, 0.717) is 34.2 Å². The van der Waals surface area contributed by atoms with Crippen molar-refractivity contribution in [3.05, 3.63) is 199 Å². The average Bonchev–Trinajstić information content (AvgIpc) is 3.86. The van der Waals surface area contributed by atoms with Gasteiger partial charge in [-0.2, -0.15) is 15.8 Å². The molecule has 8 aromatic carbocycles. The highest BCUT2D eigenvalue weighted by Gasteiger charge is 2.23. The molecule has 0 fully saturated rings. The largest absolute Gasteiger partial charge is 0.309 e. The lowest BCUT2D eigenvalue weighted by atomic mass is 9.96. The number of hydrogen-bond acceptors (Lipinski definition) is 6. The highest BCUT2D eigenvalue weighted by molar-refractivity contribution is 6.12. The fraction of sp³-hybridized carbons (Fsp3) is 0. The zero-order valence-corrected chi connectivity index (χ0v) is 32.9. The van der Waals surface area contributed by atoms with Crippen LogP contribution in [0, 0.1) is 34.0 Å². The summed E-state index contributed by atoms with van der Waals surface area (Å²) in [5.74, 6) is 1.61. The van der Waals surface area contributed by atoms with Crippen LogP contribution in [-0.2, 0) is 0 Å². The third kappa shape index (κ3) is 5.86. The van der Waals surface area contributed by atoms with Gasteiger partial charge in [0.1, 0.15) is 0 Å². The zero-order chi connectivity index (χ0) is 41.7. The number of rotatable bonds is 6. The molecule has 11 aromatic rings. The van der Waals surface area contributed by atoms with Gasteiger partial charge in [0.2, 0.25) is 0 Å². The van der Waals surface area contributed by atoms with Crippen LogP contribution in [0.15, 0.2) is 182 Å². The number of para-hydroxylation sites is 2. The Morgan fingerprint density at radius 1 is 0.323 bits per heavy atom. The van der Waals surface area contributed by atoms with E-state index >= 15 is 0 Å². The molecule has 0 saturated heterocycles.